The zero-order valence-corrected chi connectivity index (χ0v) is 14.2. The summed E-state index contributed by atoms with van der Waals surface area (Å²) < 4.78 is 29.6. The minimum Gasteiger partial charge on any atom is -0.489 e. The Morgan fingerprint density at radius 1 is 1.08 bits per heavy atom. The summed E-state index contributed by atoms with van der Waals surface area (Å²) in [6, 6.07) is 15.8. The van der Waals surface area contributed by atoms with Gasteiger partial charge in [0, 0.05) is 19.2 Å². The molecule has 1 atom stereocenters. The van der Waals surface area contributed by atoms with Crippen molar-refractivity contribution in [3.8, 4) is 5.75 Å². The van der Waals surface area contributed by atoms with Gasteiger partial charge in [0.05, 0.1) is 17.0 Å². The second-order valence-corrected chi connectivity index (χ2v) is 7.85. The molecular weight excluding hydrogens is 326 g/mol. The van der Waals surface area contributed by atoms with E-state index in [1.807, 2.05) is 30.3 Å². The lowest BCUT2D eigenvalue weighted by molar-refractivity contribution is 0.0768. The van der Waals surface area contributed by atoms with Gasteiger partial charge in [-0.25, -0.2) is 8.42 Å². The molecule has 2 aromatic rings. The summed E-state index contributed by atoms with van der Waals surface area (Å²) in [6.45, 7) is 1.00. The molecule has 0 aromatic heterocycles. The minimum atomic E-state index is -3.45. The molecule has 1 heterocycles. The number of benzene rings is 2. The Labute approximate surface area is 141 Å². The van der Waals surface area contributed by atoms with Crippen LogP contribution >= 0.6 is 0 Å². The second-order valence-electron chi connectivity index (χ2n) is 5.86. The third-order valence-corrected chi connectivity index (χ3v) is 5.15. The molecule has 2 aromatic carbocycles. The van der Waals surface area contributed by atoms with Crippen LogP contribution in [0.25, 0.3) is 0 Å². The Kier molecular flexibility index (Phi) is 4.57. The van der Waals surface area contributed by atoms with Crippen LogP contribution in [0.4, 0.5) is 0 Å². The number of para-hydroxylation sites is 1. The number of carbonyl (C=O) groups is 1. The van der Waals surface area contributed by atoms with Crippen LogP contribution in [0.3, 0.4) is 0 Å². The van der Waals surface area contributed by atoms with Crippen LogP contribution in [0.1, 0.15) is 16.8 Å². The van der Waals surface area contributed by atoms with E-state index in [0.29, 0.717) is 13.1 Å². The molecule has 0 radical (unpaired) electrons. The lowest BCUT2D eigenvalue weighted by atomic mass is 10.2. The van der Waals surface area contributed by atoms with Crippen LogP contribution in [0.2, 0.25) is 0 Å². The first-order chi connectivity index (χ1) is 11.4. The van der Waals surface area contributed by atoms with Crippen molar-refractivity contribution >= 4 is 15.7 Å². The number of rotatable bonds is 4. The van der Waals surface area contributed by atoms with Crippen molar-refractivity contribution in [1.29, 1.82) is 0 Å². The van der Waals surface area contributed by atoms with E-state index in [4.69, 9.17) is 4.74 Å². The first kappa shape index (κ1) is 16.5. The fourth-order valence-electron chi connectivity index (χ4n) is 2.84. The molecule has 24 heavy (non-hydrogen) atoms. The number of likely N-dealkylation sites (tertiary alicyclic amines) is 1. The zero-order chi connectivity index (χ0) is 17.2. The maximum atomic E-state index is 12.7. The van der Waals surface area contributed by atoms with Gasteiger partial charge in [-0.15, -0.1) is 0 Å². The molecule has 1 fully saturated rings. The predicted molar refractivity (Wildman–Crippen MR) is 90.9 cm³/mol. The number of hydrogen-bond acceptors (Lipinski definition) is 4. The predicted octanol–water partition coefficient (Wildman–Crippen LogP) is 2.38. The highest BCUT2D eigenvalue weighted by Gasteiger charge is 2.30. The summed E-state index contributed by atoms with van der Waals surface area (Å²) in [5, 5.41) is 0. The number of hydrogen-bond donors (Lipinski definition) is 0. The van der Waals surface area contributed by atoms with Crippen LogP contribution in [0.15, 0.2) is 59.5 Å². The first-order valence-corrected chi connectivity index (χ1v) is 9.64. The monoisotopic (exact) mass is 345 g/mol. The number of carbonyl (C=O) groups excluding carboxylic acids is 1. The van der Waals surface area contributed by atoms with Crippen LogP contribution < -0.4 is 4.74 Å². The van der Waals surface area contributed by atoms with Gasteiger partial charge in [0.25, 0.3) is 5.91 Å². The minimum absolute atomic E-state index is 0.0717. The van der Waals surface area contributed by atoms with Crippen molar-refractivity contribution < 1.29 is 17.9 Å². The fourth-order valence-corrected chi connectivity index (χ4v) is 3.72. The largest absolute Gasteiger partial charge is 0.489 e. The summed E-state index contributed by atoms with van der Waals surface area (Å²) in [7, 11) is -3.45. The van der Waals surface area contributed by atoms with Gasteiger partial charge in [0.2, 0.25) is 0 Å². The van der Waals surface area contributed by atoms with Crippen LogP contribution in [0, 0.1) is 0 Å². The molecule has 0 spiro atoms. The Balaban J connectivity index is 1.74. The molecule has 0 bridgehead atoms. The summed E-state index contributed by atoms with van der Waals surface area (Å²) >= 11 is 0. The first-order valence-electron chi connectivity index (χ1n) is 7.75. The number of nitrogens with zero attached hydrogens (tertiary/aromatic N) is 1. The molecule has 0 saturated carbocycles. The van der Waals surface area contributed by atoms with Gasteiger partial charge in [-0.2, -0.15) is 0 Å². The van der Waals surface area contributed by atoms with Gasteiger partial charge in [-0.3, -0.25) is 4.79 Å². The molecule has 6 heteroatoms. The van der Waals surface area contributed by atoms with Crippen molar-refractivity contribution in [2.45, 2.75) is 17.4 Å². The topological polar surface area (TPSA) is 63.7 Å². The number of ether oxygens (including phenoxy) is 1. The standard InChI is InChI=1S/C18H19NO4S/c1-24(21,22)17-10-6-5-9-16(17)18(20)19-12-11-15(13-19)23-14-7-3-2-4-8-14/h2-10,15H,11-13H2,1H3. The van der Waals surface area contributed by atoms with E-state index >= 15 is 0 Å². The molecule has 1 unspecified atom stereocenters. The number of amides is 1. The second kappa shape index (κ2) is 6.65. The summed E-state index contributed by atoms with van der Waals surface area (Å²) in [5.74, 6) is 0.503. The average Bonchev–Trinajstić information content (AvgIpc) is 3.03. The van der Waals surface area contributed by atoms with E-state index < -0.39 is 9.84 Å². The van der Waals surface area contributed by atoms with E-state index in [1.54, 1.807) is 23.1 Å². The van der Waals surface area contributed by atoms with E-state index in [-0.39, 0.29) is 22.5 Å². The molecular formula is C18H19NO4S. The van der Waals surface area contributed by atoms with E-state index in [1.165, 1.54) is 6.07 Å². The van der Waals surface area contributed by atoms with Crippen LogP contribution in [-0.4, -0.2) is 44.7 Å². The highest BCUT2D eigenvalue weighted by atomic mass is 32.2. The molecule has 1 saturated heterocycles. The van der Waals surface area contributed by atoms with E-state index in [9.17, 15) is 13.2 Å². The maximum Gasteiger partial charge on any atom is 0.255 e. The van der Waals surface area contributed by atoms with E-state index in [2.05, 4.69) is 0 Å². The Morgan fingerprint density at radius 3 is 2.46 bits per heavy atom. The quantitative estimate of drug-likeness (QED) is 0.853. The smallest absolute Gasteiger partial charge is 0.255 e. The Bertz CT molecular complexity index is 833. The van der Waals surface area contributed by atoms with Gasteiger partial charge in [0.15, 0.2) is 9.84 Å². The van der Waals surface area contributed by atoms with E-state index in [0.717, 1.165) is 18.4 Å². The molecule has 1 aliphatic rings. The van der Waals surface area contributed by atoms with Crippen molar-refractivity contribution in [2.24, 2.45) is 0 Å². The van der Waals surface area contributed by atoms with Crippen molar-refractivity contribution in [1.82, 2.24) is 4.90 Å². The zero-order valence-electron chi connectivity index (χ0n) is 13.4. The van der Waals surface area contributed by atoms with Gasteiger partial charge >= 0.3 is 0 Å². The number of sulfone groups is 1. The lowest BCUT2D eigenvalue weighted by Crippen LogP contribution is -2.31. The molecule has 1 amide bonds. The Hall–Kier alpha value is -2.34. The summed E-state index contributed by atoms with van der Waals surface area (Å²) in [4.78, 5) is 14.4. The van der Waals surface area contributed by atoms with Gasteiger partial charge < -0.3 is 9.64 Å². The van der Waals surface area contributed by atoms with Gasteiger partial charge in [-0.05, 0) is 24.3 Å². The van der Waals surface area contributed by atoms with Crippen LogP contribution in [0.5, 0.6) is 5.75 Å². The SMILES string of the molecule is CS(=O)(=O)c1ccccc1C(=O)N1CCC(Oc2ccccc2)C1. The molecule has 5 nitrogen and oxygen atoms in total. The maximum absolute atomic E-state index is 12.7. The molecule has 0 aliphatic carbocycles. The third-order valence-electron chi connectivity index (χ3n) is 4.00. The molecule has 0 N–H and O–H groups in total. The highest BCUT2D eigenvalue weighted by molar-refractivity contribution is 7.90. The average molecular weight is 345 g/mol. The van der Waals surface area contributed by atoms with Crippen molar-refractivity contribution in [3.63, 3.8) is 0 Å². The van der Waals surface area contributed by atoms with Crippen molar-refractivity contribution in [2.75, 3.05) is 19.3 Å². The normalized spacial score (nSPS) is 17.7. The third kappa shape index (κ3) is 3.59. The molecule has 1 aliphatic heterocycles. The summed E-state index contributed by atoms with van der Waals surface area (Å²) in [6.07, 6.45) is 1.76. The highest BCUT2D eigenvalue weighted by Crippen LogP contribution is 2.22. The van der Waals surface area contributed by atoms with Gasteiger partial charge in [0.1, 0.15) is 11.9 Å². The summed E-state index contributed by atoms with van der Waals surface area (Å²) in [5.41, 5.74) is 0.223. The van der Waals surface area contributed by atoms with Crippen molar-refractivity contribution in [3.05, 3.63) is 60.2 Å². The molecule has 126 valence electrons. The van der Waals surface area contributed by atoms with Gasteiger partial charge in [-0.1, -0.05) is 30.3 Å². The molecule has 3 rings (SSSR count). The fraction of sp³-hybridized carbons (Fsp3) is 0.278. The lowest BCUT2D eigenvalue weighted by Gasteiger charge is -2.18. The Morgan fingerprint density at radius 2 is 1.75 bits per heavy atom. The van der Waals surface area contributed by atoms with Crippen LogP contribution in [-0.2, 0) is 9.84 Å².